The summed E-state index contributed by atoms with van der Waals surface area (Å²) in [6.07, 6.45) is 2.87. The average molecular weight is 434 g/mol. The highest BCUT2D eigenvalue weighted by atomic mass is 35.5. The van der Waals surface area contributed by atoms with E-state index in [1.165, 1.54) is 17.0 Å². The van der Waals surface area contributed by atoms with Crippen molar-refractivity contribution in [1.29, 1.82) is 0 Å². The number of aryl methyl sites for hydroxylation is 1. The van der Waals surface area contributed by atoms with Crippen molar-refractivity contribution < 1.29 is 13.6 Å². The summed E-state index contributed by atoms with van der Waals surface area (Å²) >= 11 is 5.75. The van der Waals surface area contributed by atoms with Gasteiger partial charge in [0, 0.05) is 31.0 Å². The maximum absolute atomic E-state index is 16.0. The monoisotopic (exact) mass is 434 g/mol. The lowest BCUT2D eigenvalue weighted by molar-refractivity contribution is 0.0182. The predicted molar refractivity (Wildman–Crippen MR) is 118 cm³/mol. The Hall–Kier alpha value is -1.86. The van der Waals surface area contributed by atoms with E-state index >= 15 is 4.39 Å². The van der Waals surface area contributed by atoms with Gasteiger partial charge >= 0.3 is 0 Å². The summed E-state index contributed by atoms with van der Waals surface area (Å²) in [6, 6.07) is 3.53. The molecule has 1 fully saturated rings. The number of nitrogens with zero attached hydrogens (tertiary/aromatic N) is 3. The van der Waals surface area contributed by atoms with Crippen molar-refractivity contribution in [2.75, 3.05) is 13.1 Å². The zero-order valence-electron chi connectivity index (χ0n) is 16.9. The van der Waals surface area contributed by atoms with E-state index in [1.807, 2.05) is 6.92 Å². The number of hydrogen-bond acceptors (Lipinski definition) is 4. The van der Waals surface area contributed by atoms with Crippen LogP contribution in [-0.2, 0) is 6.54 Å². The highest BCUT2D eigenvalue weighted by Gasteiger charge is 2.56. The van der Waals surface area contributed by atoms with Crippen molar-refractivity contribution in [3.63, 3.8) is 0 Å². The van der Waals surface area contributed by atoms with Crippen molar-refractivity contribution in [3.05, 3.63) is 58.4 Å². The van der Waals surface area contributed by atoms with Gasteiger partial charge in [-0.2, -0.15) is 0 Å². The molecule has 3 rings (SSSR count). The second kappa shape index (κ2) is 8.58. The van der Waals surface area contributed by atoms with Crippen LogP contribution in [0.5, 0.6) is 0 Å². The molecule has 1 aliphatic rings. The Labute approximate surface area is 190 Å². The standard InChI is InChI=1S/C19H17B4ClF2N4O/c1-11-7-27-15(28-8-11)9-29-19(22,23)17(26)4-5-30(10-18(17,20)21)16(31)12-2-3-14(25)13(24)6-12/h2-3,6-8,29H,4-5,9-10H2,1H3. The SMILES string of the molecule is [B]C1([B])CN(C(=O)c2ccc(F)c(Cl)c2)CCC1(F)C([B])([B])NCc1ncc(C)cn1. The van der Waals surface area contributed by atoms with Gasteiger partial charge in [0.2, 0.25) is 0 Å². The van der Waals surface area contributed by atoms with Crippen molar-refractivity contribution >= 4 is 48.9 Å². The second-order valence-electron chi connectivity index (χ2n) is 7.85. The number of rotatable bonds is 5. The van der Waals surface area contributed by atoms with Crippen LogP contribution in [0.3, 0.4) is 0 Å². The Kier molecular flexibility index (Phi) is 6.59. The lowest BCUT2D eigenvalue weighted by Crippen LogP contribution is -2.71. The number of carbonyl (C=O) groups is 1. The fourth-order valence-electron chi connectivity index (χ4n) is 3.49. The third-order valence-electron chi connectivity index (χ3n) is 5.40. The van der Waals surface area contributed by atoms with Gasteiger partial charge < -0.3 is 10.2 Å². The molecule has 12 heteroatoms. The molecule has 0 bridgehead atoms. The summed E-state index contributed by atoms with van der Waals surface area (Å²) in [5, 5.41) is -1.75. The van der Waals surface area contributed by atoms with Crippen LogP contribution < -0.4 is 5.32 Å². The smallest absolute Gasteiger partial charge is 0.253 e. The van der Waals surface area contributed by atoms with Crippen LogP contribution in [0, 0.1) is 12.7 Å². The van der Waals surface area contributed by atoms with E-state index in [0.717, 1.165) is 11.6 Å². The predicted octanol–water partition coefficient (Wildman–Crippen LogP) is 1.37. The van der Waals surface area contributed by atoms with E-state index in [-0.39, 0.29) is 36.6 Å². The van der Waals surface area contributed by atoms with Crippen molar-refractivity contribution in [2.45, 2.75) is 36.1 Å². The largest absolute Gasteiger partial charge is 0.339 e. The Morgan fingerprint density at radius 1 is 1.32 bits per heavy atom. The highest BCUT2D eigenvalue weighted by molar-refractivity contribution is 6.46. The number of nitrogens with one attached hydrogen (secondary N) is 1. The van der Waals surface area contributed by atoms with Crippen LogP contribution in [0.15, 0.2) is 30.6 Å². The number of hydrogen-bond donors (Lipinski definition) is 1. The van der Waals surface area contributed by atoms with Crippen LogP contribution >= 0.6 is 11.6 Å². The molecule has 152 valence electrons. The molecule has 2 aromatic rings. The minimum Gasteiger partial charge on any atom is -0.339 e. The Morgan fingerprint density at radius 2 is 1.97 bits per heavy atom. The van der Waals surface area contributed by atoms with Crippen molar-refractivity contribution in [2.24, 2.45) is 0 Å². The fourth-order valence-corrected chi connectivity index (χ4v) is 3.68. The van der Waals surface area contributed by atoms with E-state index in [0.29, 0.717) is 5.82 Å². The van der Waals surface area contributed by atoms with E-state index in [2.05, 4.69) is 15.3 Å². The molecular formula is C19H17B4ClF2N4O. The van der Waals surface area contributed by atoms with Crippen LogP contribution in [0.2, 0.25) is 10.2 Å². The molecule has 0 aliphatic carbocycles. The quantitative estimate of drug-likeness (QED) is 0.723. The fraction of sp³-hybridized carbons (Fsp3) is 0.421. The topological polar surface area (TPSA) is 58.1 Å². The molecule has 1 aromatic heterocycles. The van der Waals surface area contributed by atoms with Gasteiger partial charge in [0.25, 0.3) is 5.91 Å². The number of likely N-dealkylation sites (tertiary alicyclic amines) is 1. The summed E-state index contributed by atoms with van der Waals surface area (Å²) in [7, 11) is 24.3. The normalized spacial score (nSPS) is 21.1. The first-order valence-corrected chi connectivity index (χ1v) is 9.85. The first-order chi connectivity index (χ1) is 14.4. The molecule has 2 heterocycles. The molecule has 1 atom stereocenters. The molecule has 31 heavy (non-hydrogen) atoms. The van der Waals surface area contributed by atoms with Gasteiger partial charge in [0.15, 0.2) is 0 Å². The number of alkyl halides is 1. The first-order valence-electron chi connectivity index (χ1n) is 9.48. The second-order valence-corrected chi connectivity index (χ2v) is 8.25. The summed E-state index contributed by atoms with van der Waals surface area (Å²) < 4.78 is 29.4. The van der Waals surface area contributed by atoms with Crippen LogP contribution in [0.1, 0.15) is 28.2 Å². The summed E-state index contributed by atoms with van der Waals surface area (Å²) in [6.45, 7) is 1.36. The zero-order valence-corrected chi connectivity index (χ0v) is 17.7. The summed E-state index contributed by atoms with van der Waals surface area (Å²) in [5.74, 6) is -0.828. The number of amides is 1. The lowest BCUT2D eigenvalue weighted by Gasteiger charge is -2.57. The van der Waals surface area contributed by atoms with Gasteiger partial charge in [-0.05, 0) is 47.7 Å². The van der Waals surface area contributed by atoms with Gasteiger partial charge in [-0.3, -0.25) is 4.79 Å². The number of halogens is 3. The lowest BCUT2D eigenvalue weighted by atomic mass is 9.35. The van der Waals surface area contributed by atoms with Crippen LogP contribution in [0.4, 0.5) is 8.78 Å². The molecule has 1 unspecified atom stereocenters. The number of piperidine rings is 1. The molecule has 8 radical (unpaired) electrons. The Bertz CT molecular complexity index is 980. The zero-order chi connectivity index (χ0) is 23.0. The van der Waals surface area contributed by atoms with E-state index < -0.39 is 27.9 Å². The molecule has 0 spiro atoms. The number of carbonyl (C=O) groups excluding carboxylic acids is 1. The minimum absolute atomic E-state index is 0.0221. The molecule has 1 aromatic carbocycles. The van der Waals surface area contributed by atoms with Gasteiger partial charge in [0.05, 0.1) is 43.0 Å². The molecule has 1 amide bonds. The maximum Gasteiger partial charge on any atom is 0.253 e. The number of aromatic nitrogens is 2. The summed E-state index contributed by atoms with van der Waals surface area (Å²) in [4.78, 5) is 22.2. The average Bonchev–Trinajstić information content (AvgIpc) is 2.71. The maximum atomic E-state index is 16.0. The number of benzene rings is 1. The third-order valence-corrected chi connectivity index (χ3v) is 5.69. The summed E-state index contributed by atoms with van der Waals surface area (Å²) in [5.41, 5.74) is -1.50. The molecular weight excluding hydrogens is 417 g/mol. The van der Waals surface area contributed by atoms with Gasteiger partial charge in [-0.15, -0.1) is 0 Å². The van der Waals surface area contributed by atoms with E-state index in [4.69, 9.17) is 43.0 Å². The van der Waals surface area contributed by atoms with Crippen LogP contribution in [0.25, 0.3) is 0 Å². The van der Waals surface area contributed by atoms with Crippen molar-refractivity contribution in [3.8, 4) is 0 Å². The van der Waals surface area contributed by atoms with E-state index in [1.54, 1.807) is 12.4 Å². The Balaban J connectivity index is 1.74. The highest BCUT2D eigenvalue weighted by Crippen LogP contribution is 2.48. The molecule has 1 saturated heterocycles. The Morgan fingerprint density at radius 3 is 2.55 bits per heavy atom. The molecule has 1 aliphatic heterocycles. The minimum atomic E-state index is -2.48. The van der Waals surface area contributed by atoms with Crippen LogP contribution in [-0.4, -0.2) is 76.3 Å². The molecule has 1 N–H and O–H groups in total. The first kappa shape index (κ1) is 23.8. The molecule has 5 nitrogen and oxygen atoms in total. The van der Waals surface area contributed by atoms with Gasteiger partial charge in [-0.1, -0.05) is 11.6 Å². The molecule has 0 saturated carbocycles. The van der Waals surface area contributed by atoms with Gasteiger partial charge in [-0.25, -0.2) is 18.7 Å². The van der Waals surface area contributed by atoms with E-state index in [9.17, 15) is 9.18 Å². The third kappa shape index (κ3) is 4.67. The van der Waals surface area contributed by atoms with Gasteiger partial charge in [0.1, 0.15) is 17.3 Å². The van der Waals surface area contributed by atoms with Crippen molar-refractivity contribution in [1.82, 2.24) is 20.2 Å².